The lowest BCUT2D eigenvalue weighted by Crippen LogP contribution is -2.41. The van der Waals surface area contributed by atoms with Crippen molar-refractivity contribution in [3.05, 3.63) is 143 Å². The number of para-hydroxylation sites is 2. The highest BCUT2D eigenvalue weighted by atomic mass is 19.1. The molecule has 3 aliphatic rings. The Kier molecular flexibility index (Phi) is 11.4. The number of aromatic nitrogens is 2. The van der Waals surface area contributed by atoms with Gasteiger partial charge in [0.1, 0.15) is 23.6 Å². The molecule has 9 nitrogen and oxygen atoms in total. The van der Waals surface area contributed by atoms with E-state index >= 15 is 0 Å². The lowest BCUT2D eigenvalue weighted by Gasteiger charge is -2.35. The summed E-state index contributed by atoms with van der Waals surface area (Å²) in [5.41, 5.74) is 4.27. The standard InChI is InChI=1S/C47H51FN4O5/c1-33(2)56-39-12-8-11-36(27-39)28-43(53)51-26-22-47(32-51,42-31-55-44(57-42)29-34-9-4-3-5-10-34)21-25-50-23-19-37(20-24-50)45(54)46-49-40-13-6-7-14-41(40)52(46)30-35-15-17-38(48)18-16-35/h3-18,27,31,33,37,44H,19-26,28-30,32H2,1-2H3. The highest BCUT2D eigenvalue weighted by Gasteiger charge is 2.47. The largest absolute Gasteiger partial charge is 0.491 e. The summed E-state index contributed by atoms with van der Waals surface area (Å²) < 4.78 is 34.2. The van der Waals surface area contributed by atoms with Gasteiger partial charge in [-0.25, -0.2) is 9.37 Å². The second-order valence-electron chi connectivity index (χ2n) is 16.1. The highest BCUT2D eigenvalue weighted by molar-refractivity contribution is 5.98. The summed E-state index contributed by atoms with van der Waals surface area (Å²) in [5, 5.41) is 0. The van der Waals surface area contributed by atoms with Gasteiger partial charge in [0.15, 0.2) is 5.82 Å². The van der Waals surface area contributed by atoms with E-state index in [2.05, 4.69) is 17.0 Å². The lowest BCUT2D eigenvalue weighted by molar-refractivity contribution is -0.129. The second-order valence-corrected chi connectivity index (χ2v) is 16.1. The maximum Gasteiger partial charge on any atom is 0.244 e. The summed E-state index contributed by atoms with van der Waals surface area (Å²) in [6.07, 6.45) is 5.41. The van der Waals surface area contributed by atoms with Crippen LogP contribution in [0.5, 0.6) is 5.75 Å². The van der Waals surface area contributed by atoms with Crippen LogP contribution in [0.3, 0.4) is 0 Å². The van der Waals surface area contributed by atoms with Crippen LogP contribution in [0.15, 0.2) is 115 Å². The summed E-state index contributed by atoms with van der Waals surface area (Å²) in [5.74, 6) is 1.76. The van der Waals surface area contributed by atoms with Gasteiger partial charge in [-0.05, 0) is 112 Å². The maximum absolute atomic E-state index is 14.1. The Balaban J connectivity index is 0.932. The molecule has 0 radical (unpaired) electrons. The van der Waals surface area contributed by atoms with Gasteiger partial charge in [-0.2, -0.15) is 0 Å². The molecule has 0 bridgehead atoms. The van der Waals surface area contributed by atoms with Gasteiger partial charge in [0, 0.05) is 32.0 Å². The van der Waals surface area contributed by atoms with Crippen LogP contribution in [0.2, 0.25) is 0 Å². The van der Waals surface area contributed by atoms with Crippen LogP contribution in [0.1, 0.15) is 66.8 Å². The number of halogens is 1. The molecule has 10 heteroatoms. The Morgan fingerprint density at radius 1 is 0.895 bits per heavy atom. The number of carbonyl (C=O) groups excluding carboxylic acids is 2. The van der Waals surface area contributed by atoms with E-state index in [1.165, 1.54) is 12.1 Å². The van der Waals surface area contributed by atoms with Crippen molar-refractivity contribution in [3.63, 3.8) is 0 Å². The number of ether oxygens (including phenoxy) is 3. The number of amides is 1. The van der Waals surface area contributed by atoms with Crippen LogP contribution >= 0.6 is 0 Å². The third-order valence-corrected chi connectivity index (χ3v) is 11.7. The van der Waals surface area contributed by atoms with Gasteiger partial charge in [0.2, 0.25) is 18.0 Å². The van der Waals surface area contributed by atoms with Crippen molar-refractivity contribution in [3.8, 4) is 5.75 Å². The average Bonchev–Trinajstić information content (AvgIpc) is 3.97. The van der Waals surface area contributed by atoms with Crippen molar-refractivity contribution in [1.82, 2.24) is 19.4 Å². The smallest absolute Gasteiger partial charge is 0.244 e. The molecule has 0 aliphatic carbocycles. The van der Waals surface area contributed by atoms with Crippen LogP contribution < -0.4 is 4.74 Å². The van der Waals surface area contributed by atoms with Gasteiger partial charge in [0.25, 0.3) is 0 Å². The summed E-state index contributed by atoms with van der Waals surface area (Å²) in [6, 6.07) is 32.2. The Morgan fingerprint density at radius 3 is 2.44 bits per heavy atom. The zero-order chi connectivity index (χ0) is 39.4. The number of nitrogens with zero attached hydrogens (tertiary/aromatic N) is 4. The predicted octanol–water partition coefficient (Wildman–Crippen LogP) is 8.21. The Labute approximate surface area is 334 Å². The minimum atomic E-state index is -0.415. The van der Waals surface area contributed by atoms with E-state index in [4.69, 9.17) is 19.2 Å². The number of rotatable bonds is 14. The van der Waals surface area contributed by atoms with Gasteiger partial charge >= 0.3 is 0 Å². The molecule has 0 saturated carbocycles. The van der Waals surface area contributed by atoms with Crippen molar-refractivity contribution < 1.29 is 28.2 Å². The SMILES string of the molecule is CC(C)Oc1cccc(CC(=O)N2CCC(CCN3CCC(C(=O)c4nc5ccccc5n4Cc4ccc(F)cc4)CC3)(C3=COC(Cc4ccccc4)O3)C2)c1. The number of Topliss-reactive ketones (excluding diaryl/α,β-unsaturated/α-hetero) is 1. The number of piperidine rings is 1. The third kappa shape index (κ3) is 8.91. The minimum Gasteiger partial charge on any atom is -0.491 e. The fraction of sp³-hybridized carbons (Fsp3) is 0.383. The summed E-state index contributed by atoms with van der Waals surface area (Å²) >= 11 is 0. The molecule has 2 saturated heterocycles. The van der Waals surface area contributed by atoms with E-state index in [1.54, 1.807) is 18.4 Å². The average molecular weight is 771 g/mol. The zero-order valence-electron chi connectivity index (χ0n) is 32.8. The fourth-order valence-corrected chi connectivity index (χ4v) is 8.55. The van der Waals surface area contributed by atoms with E-state index in [0.29, 0.717) is 38.3 Å². The van der Waals surface area contributed by atoms with Gasteiger partial charge in [0.05, 0.1) is 29.0 Å². The molecule has 0 spiro atoms. The van der Waals surface area contributed by atoms with Crippen LogP contribution in [0.4, 0.5) is 4.39 Å². The van der Waals surface area contributed by atoms with E-state index in [0.717, 1.165) is 84.5 Å². The topological polar surface area (TPSA) is 86.1 Å². The van der Waals surface area contributed by atoms with Crippen LogP contribution in [0.25, 0.3) is 11.0 Å². The molecular formula is C47H51FN4O5. The van der Waals surface area contributed by atoms with Crippen molar-refractivity contribution in [2.24, 2.45) is 11.3 Å². The normalized spacial score (nSPS) is 20.1. The van der Waals surface area contributed by atoms with Gasteiger partial charge in [-0.3, -0.25) is 9.59 Å². The first-order valence-corrected chi connectivity index (χ1v) is 20.3. The number of carbonyl (C=O) groups is 2. The van der Waals surface area contributed by atoms with Gasteiger partial charge in [-0.15, -0.1) is 0 Å². The zero-order valence-corrected chi connectivity index (χ0v) is 32.8. The summed E-state index contributed by atoms with van der Waals surface area (Å²) in [4.78, 5) is 37.2. The molecular weight excluding hydrogens is 720 g/mol. The molecule has 2 fully saturated rings. The van der Waals surface area contributed by atoms with Crippen LogP contribution in [-0.4, -0.2) is 76.2 Å². The second kappa shape index (κ2) is 16.9. The summed E-state index contributed by atoms with van der Waals surface area (Å²) in [7, 11) is 0. The van der Waals surface area contributed by atoms with Crippen LogP contribution in [-0.2, 0) is 33.7 Å². The molecule has 4 heterocycles. The van der Waals surface area contributed by atoms with E-state index < -0.39 is 6.29 Å². The Bertz CT molecular complexity index is 2210. The molecule has 0 N–H and O–H groups in total. The number of fused-ring (bicyclic) bond motifs is 1. The van der Waals surface area contributed by atoms with Crippen molar-refractivity contribution in [2.45, 2.75) is 71.3 Å². The number of benzene rings is 4. The minimum absolute atomic E-state index is 0.0537. The maximum atomic E-state index is 14.1. The molecule has 1 aromatic heterocycles. The molecule has 4 aromatic carbocycles. The molecule has 2 unspecified atom stereocenters. The number of hydrogen-bond donors (Lipinski definition) is 0. The predicted molar refractivity (Wildman–Crippen MR) is 217 cm³/mol. The first kappa shape index (κ1) is 38.4. The molecule has 296 valence electrons. The Morgan fingerprint density at radius 2 is 1.65 bits per heavy atom. The number of hydrogen-bond acceptors (Lipinski definition) is 7. The fourth-order valence-electron chi connectivity index (χ4n) is 8.55. The lowest BCUT2D eigenvalue weighted by atomic mass is 9.81. The van der Waals surface area contributed by atoms with E-state index in [-0.39, 0.29) is 34.9 Å². The number of imidazole rings is 1. The first-order chi connectivity index (χ1) is 27.7. The quantitative estimate of drug-likeness (QED) is 0.105. The van der Waals surface area contributed by atoms with Crippen molar-refractivity contribution in [2.75, 3.05) is 32.7 Å². The third-order valence-electron chi connectivity index (χ3n) is 11.7. The molecule has 3 aliphatic heterocycles. The first-order valence-electron chi connectivity index (χ1n) is 20.3. The molecule has 8 rings (SSSR count). The molecule has 2 atom stereocenters. The monoisotopic (exact) mass is 770 g/mol. The number of ketones is 1. The molecule has 5 aromatic rings. The van der Waals surface area contributed by atoms with Crippen molar-refractivity contribution >= 4 is 22.7 Å². The molecule has 57 heavy (non-hydrogen) atoms. The van der Waals surface area contributed by atoms with Gasteiger partial charge < -0.3 is 28.6 Å². The van der Waals surface area contributed by atoms with E-state index in [9.17, 15) is 14.0 Å². The highest BCUT2D eigenvalue weighted by Crippen LogP contribution is 2.45. The Hall–Kier alpha value is -5.48. The van der Waals surface area contributed by atoms with Crippen molar-refractivity contribution in [1.29, 1.82) is 0 Å². The van der Waals surface area contributed by atoms with Gasteiger partial charge in [-0.1, -0.05) is 66.7 Å². The van der Waals surface area contributed by atoms with Crippen LogP contribution in [0, 0.1) is 17.2 Å². The summed E-state index contributed by atoms with van der Waals surface area (Å²) in [6.45, 7) is 8.01. The number of likely N-dealkylation sites (tertiary alicyclic amines) is 2. The molecule has 1 amide bonds. The van der Waals surface area contributed by atoms with E-state index in [1.807, 2.05) is 90.0 Å².